The van der Waals surface area contributed by atoms with Crippen LogP contribution in [0.1, 0.15) is 62.3 Å². The molecule has 0 unspecified atom stereocenters. The van der Waals surface area contributed by atoms with Crippen LogP contribution in [0.25, 0.3) is 0 Å². The summed E-state index contributed by atoms with van der Waals surface area (Å²) in [7, 11) is 1.29. The second kappa shape index (κ2) is 7.83. The van der Waals surface area contributed by atoms with E-state index in [2.05, 4.69) is 4.74 Å². The van der Waals surface area contributed by atoms with Crippen LogP contribution in [-0.2, 0) is 26.3 Å². The van der Waals surface area contributed by atoms with Gasteiger partial charge in [0, 0.05) is 24.2 Å². The number of halogens is 2. The summed E-state index contributed by atoms with van der Waals surface area (Å²) in [6.45, 7) is 5.06. The third-order valence-corrected chi connectivity index (χ3v) is 6.43. The number of methoxy groups -OCH3 is 1. The third-order valence-electron chi connectivity index (χ3n) is 6.43. The molecule has 0 spiro atoms. The highest BCUT2D eigenvalue weighted by atomic mass is 19.1. The molecule has 2 aromatic rings. The van der Waals surface area contributed by atoms with Crippen molar-refractivity contribution >= 4 is 23.3 Å². The summed E-state index contributed by atoms with van der Waals surface area (Å²) in [5.74, 6) is -2.24. The SMILES string of the molecule is COC(=O)CCCn1c(C)ccc(N2C(=O)C(C)(C)c3c(F)c(C4CC4)cc(F)c32)c1=O. The van der Waals surface area contributed by atoms with Crippen LogP contribution in [0.5, 0.6) is 0 Å². The van der Waals surface area contributed by atoms with Crippen LogP contribution in [0.4, 0.5) is 20.2 Å². The Morgan fingerprint density at radius 3 is 2.53 bits per heavy atom. The molecule has 0 saturated heterocycles. The summed E-state index contributed by atoms with van der Waals surface area (Å²) in [5.41, 5.74) is -1.12. The molecule has 0 atom stereocenters. The van der Waals surface area contributed by atoms with Crippen LogP contribution >= 0.6 is 0 Å². The van der Waals surface area contributed by atoms with Crippen molar-refractivity contribution in [2.75, 3.05) is 12.0 Å². The highest BCUT2D eigenvalue weighted by molar-refractivity contribution is 6.12. The standard InChI is InChI=1S/C24H26F2N2O4/c1-13-7-10-17(22(30)27(13)11-5-6-18(29)32-4)28-21-16(25)12-15(14-8-9-14)20(26)19(21)24(2,3)23(28)31/h7,10,12,14H,5-6,8-9,11H2,1-4H3. The molecule has 0 bridgehead atoms. The van der Waals surface area contributed by atoms with E-state index in [-0.39, 0.29) is 41.8 Å². The predicted molar refractivity (Wildman–Crippen MR) is 115 cm³/mol. The first-order valence-electron chi connectivity index (χ1n) is 10.7. The zero-order valence-electron chi connectivity index (χ0n) is 18.6. The zero-order chi connectivity index (χ0) is 23.4. The molecule has 1 aliphatic carbocycles. The van der Waals surface area contributed by atoms with Gasteiger partial charge in [-0.2, -0.15) is 0 Å². The lowest BCUT2D eigenvalue weighted by Gasteiger charge is -2.21. The van der Waals surface area contributed by atoms with E-state index >= 15 is 8.78 Å². The van der Waals surface area contributed by atoms with Crippen molar-refractivity contribution in [1.29, 1.82) is 0 Å². The minimum absolute atomic E-state index is 0.00150. The molecule has 1 aliphatic heterocycles. The molecule has 0 N–H and O–H groups in total. The molecule has 0 radical (unpaired) electrons. The second-order valence-electron chi connectivity index (χ2n) is 9.02. The number of ether oxygens (including phenoxy) is 1. The van der Waals surface area contributed by atoms with E-state index in [9.17, 15) is 14.4 Å². The van der Waals surface area contributed by atoms with E-state index in [1.165, 1.54) is 17.7 Å². The van der Waals surface area contributed by atoms with E-state index in [4.69, 9.17) is 0 Å². The number of carbonyl (C=O) groups is 2. The molecular formula is C24H26F2N2O4. The number of aromatic nitrogens is 1. The van der Waals surface area contributed by atoms with Gasteiger partial charge in [0.25, 0.3) is 5.56 Å². The number of rotatable bonds is 6. The first kappa shape index (κ1) is 22.2. The lowest BCUT2D eigenvalue weighted by molar-refractivity contribution is -0.140. The average molecular weight is 444 g/mol. The van der Waals surface area contributed by atoms with Gasteiger partial charge < -0.3 is 9.30 Å². The molecule has 1 amide bonds. The Labute approximate surface area is 184 Å². The van der Waals surface area contributed by atoms with Crippen LogP contribution in [0.2, 0.25) is 0 Å². The topological polar surface area (TPSA) is 68.6 Å². The Bertz CT molecular complexity index is 1180. The van der Waals surface area contributed by atoms with E-state index in [0.717, 1.165) is 23.8 Å². The maximum absolute atomic E-state index is 15.4. The van der Waals surface area contributed by atoms with E-state index in [1.807, 2.05) is 0 Å². The minimum atomic E-state index is -1.32. The van der Waals surface area contributed by atoms with Crippen molar-refractivity contribution in [3.05, 3.63) is 57.0 Å². The number of fused-ring (bicyclic) bond motifs is 1. The minimum Gasteiger partial charge on any atom is -0.469 e. The van der Waals surface area contributed by atoms with Crippen molar-refractivity contribution < 1.29 is 23.1 Å². The number of carbonyl (C=O) groups excluding carboxylic acids is 2. The van der Waals surface area contributed by atoms with E-state index in [0.29, 0.717) is 17.7 Å². The summed E-state index contributed by atoms with van der Waals surface area (Å²) >= 11 is 0. The van der Waals surface area contributed by atoms with Gasteiger partial charge in [-0.25, -0.2) is 8.78 Å². The Morgan fingerprint density at radius 1 is 1.22 bits per heavy atom. The fraction of sp³-hybridized carbons (Fsp3) is 0.458. The van der Waals surface area contributed by atoms with Crippen LogP contribution in [0.3, 0.4) is 0 Å². The molecule has 6 nitrogen and oxygen atoms in total. The van der Waals surface area contributed by atoms with Gasteiger partial charge in [-0.3, -0.25) is 19.3 Å². The first-order valence-corrected chi connectivity index (χ1v) is 10.7. The number of pyridine rings is 1. The van der Waals surface area contributed by atoms with Crippen molar-refractivity contribution in [1.82, 2.24) is 4.57 Å². The van der Waals surface area contributed by atoms with Gasteiger partial charge in [0.05, 0.1) is 18.2 Å². The Kier molecular flexibility index (Phi) is 5.43. The van der Waals surface area contributed by atoms with Gasteiger partial charge in [-0.15, -0.1) is 0 Å². The number of aryl methyl sites for hydroxylation is 1. The van der Waals surface area contributed by atoms with Crippen LogP contribution in [-0.4, -0.2) is 23.6 Å². The molecule has 32 heavy (non-hydrogen) atoms. The average Bonchev–Trinajstić information content (AvgIpc) is 3.55. The number of nitrogens with zero attached hydrogens (tertiary/aromatic N) is 2. The number of hydrogen-bond acceptors (Lipinski definition) is 4. The van der Waals surface area contributed by atoms with Gasteiger partial charge in [0.1, 0.15) is 17.3 Å². The predicted octanol–water partition coefficient (Wildman–Crippen LogP) is 4.22. The van der Waals surface area contributed by atoms with Crippen molar-refractivity contribution in [2.45, 2.75) is 64.3 Å². The lowest BCUT2D eigenvalue weighted by atomic mass is 9.84. The lowest BCUT2D eigenvalue weighted by Crippen LogP contribution is -2.37. The summed E-state index contributed by atoms with van der Waals surface area (Å²) in [4.78, 5) is 39.1. The highest BCUT2D eigenvalue weighted by Crippen LogP contribution is 2.51. The molecule has 1 saturated carbocycles. The van der Waals surface area contributed by atoms with Gasteiger partial charge in [0.2, 0.25) is 5.91 Å². The molecule has 170 valence electrons. The van der Waals surface area contributed by atoms with E-state index < -0.39 is 28.5 Å². The van der Waals surface area contributed by atoms with Crippen molar-refractivity contribution in [3.63, 3.8) is 0 Å². The third kappa shape index (κ3) is 3.42. The quantitative estimate of drug-likeness (QED) is 0.626. The maximum Gasteiger partial charge on any atom is 0.305 e. The zero-order valence-corrected chi connectivity index (χ0v) is 18.6. The Hall–Kier alpha value is -3.03. The van der Waals surface area contributed by atoms with Crippen LogP contribution < -0.4 is 10.5 Å². The molecule has 2 aliphatic rings. The van der Waals surface area contributed by atoms with Crippen molar-refractivity contribution in [2.24, 2.45) is 0 Å². The largest absolute Gasteiger partial charge is 0.469 e. The van der Waals surface area contributed by atoms with Gasteiger partial charge in [-0.1, -0.05) is 0 Å². The number of esters is 1. The molecule has 4 rings (SSSR count). The van der Waals surface area contributed by atoms with Crippen LogP contribution in [0.15, 0.2) is 23.0 Å². The van der Waals surface area contributed by atoms with Gasteiger partial charge >= 0.3 is 5.97 Å². The number of hydrogen-bond donors (Lipinski definition) is 0. The van der Waals surface area contributed by atoms with Crippen LogP contribution in [0, 0.1) is 18.6 Å². The fourth-order valence-electron chi connectivity index (χ4n) is 4.43. The molecule has 2 heterocycles. The van der Waals surface area contributed by atoms with Crippen molar-refractivity contribution in [3.8, 4) is 0 Å². The Morgan fingerprint density at radius 2 is 1.91 bits per heavy atom. The number of anilines is 2. The van der Waals surface area contributed by atoms with Gasteiger partial charge in [-0.05, 0) is 69.7 Å². The molecular weight excluding hydrogens is 418 g/mol. The Balaban J connectivity index is 1.81. The first-order chi connectivity index (χ1) is 15.1. The smallest absolute Gasteiger partial charge is 0.305 e. The summed E-state index contributed by atoms with van der Waals surface area (Å²) in [6, 6.07) is 4.28. The normalized spacial score (nSPS) is 16.9. The summed E-state index contributed by atoms with van der Waals surface area (Å²) < 4.78 is 36.8. The molecule has 8 heteroatoms. The second-order valence-corrected chi connectivity index (χ2v) is 9.02. The molecule has 1 aromatic carbocycles. The summed E-state index contributed by atoms with van der Waals surface area (Å²) in [6.07, 6.45) is 2.08. The highest BCUT2D eigenvalue weighted by Gasteiger charge is 2.50. The van der Waals surface area contributed by atoms with Gasteiger partial charge in [0.15, 0.2) is 0 Å². The summed E-state index contributed by atoms with van der Waals surface area (Å²) in [5, 5.41) is 0. The molecule has 1 fully saturated rings. The number of benzene rings is 1. The monoisotopic (exact) mass is 444 g/mol. The van der Waals surface area contributed by atoms with E-state index in [1.54, 1.807) is 26.8 Å². The molecule has 1 aromatic heterocycles. The fourth-order valence-corrected chi connectivity index (χ4v) is 4.43. The maximum atomic E-state index is 15.4. The number of amides is 1.